The lowest BCUT2D eigenvalue weighted by Crippen LogP contribution is -2.42. The number of anilines is 2. The highest BCUT2D eigenvalue weighted by Gasteiger charge is 2.33. The second kappa shape index (κ2) is 15.8. The van der Waals surface area contributed by atoms with E-state index in [9.17, 15) is 26.4 Å². The van der Waals surface area contributed by atoms with Crippen LogP contribution in [0.1, 0.15) is 72.4 Å². The van der Waals surface area contributed by atoms with Crippen molar-refractivity contribution in [3.05, 3.63) is 107 Å². The largest absolute Gasteiger partial charge is 0.322 e. The summed E-state index contributed by atoms with van der Waals surface area (Å²) in [4.78, 5) is 26.7. The van der Waals surface area contributed by atoms with Gasteiger partial charge in [0, 0.05) is 48.7 Å². The molecule has 2 N–H and O–H groups in total. The standard InChI is InChI=1S/C42H50N4O6S2/c1-27-19-28(2)24-45(23-27)53(49,50)37-13-7-33(8-14-37)41(47)43-39-17-11-35(21-31(39)5)36-12-18-40(32(6)22-36)44-42(48)34-9-15-38(16-10-34)54(51,52)46-25-29(3)20-30(4)26-46/h7-18,21-22,27-30H,19-20,23-26H2,1-6H3,(H,43,47)(H,44,48)/t27-,28-,29-,30+/m1/s1. The number of aryl methyl sites for hydroxylation is 2. The predicted molar refractivity (Wildman–Crippen MR) is 214 cm³/mol. The third-order valence-corrected chi connectivity index (χ3v) is 14.2. The van der Waals surface area contributed by atoms with Crippen LogP contribution in [0, 0.1) is 37.5 Å². The third-order valence-electron chi connectivity index (χ3n) is 10.5. The summed E-state index contributed by atoms with van der Waals surface area (Å²) in [6.07, 6.45) is 2.01. The predicted octanol–water partition coefficient (Wildman–Crippen LogP) is 7.81. The Morgan fingerprint density at radius 2 is 0.833 bits per heavy atom. The first-order valence-electron chi connectivity index (χ1n) is 18.6. The van der Waals surface area contributed by atoms with Gasteiger partial charge in [0.15, 0.2) is 0 Å². The van der Waals surface area contributed by atoms with Crippen molar-refractivity contribution < 1.29 is 26.4 Å². The first-order chi connectivity index (χ1) is 25.5. The minimum atomic E-state index is -3.64. The summed E-state index contributed by atoms with van der Waals surface area (Å²) >= 11 is 0. The summed E-state index contributed by atoms with van der Waals surface area (Å²) in [6.45, 7) is 14.1. The van der Waals surface area contributed by atoms with E-state index < -0.39 is 20.0 Å². The summed E-state index contributed by atoms with van der Waals surface area (Å²) in [5.41, 5.74) is 5.53. The molecule has 0 aliphatic carbocycles. The summed E-state index contributed by atoms with van der Waals surface area (Å²) in [5.74, 6) is 0.503. The molecule has 6 rings (SSSR count). The van der Waals surface area contributed by atoms with Crippen LogP contribution < -0.4 is 10.6 Å². The van der Waals surface area contributed by atoms with E-state index in [0.29, 0.717) is 72.4 Å². The van der Waals surface area contributed by atoms with Crippen molar-refractivity contribution in [3.63, 3.8) is 0 Å². The minimum absolute atomic E-state index is 0.182. The van der Waals surface area contributed by atoms with E-state index >= 15 is 0 Å². The number of carbonyl (C=O) groups excluding carboxylic acids is 2. The van der Waals surface area contributed by atoms with Crippen molar-refractivity contribution in [2.24, 2.45) is 23.7 Å². The van der Waals surface area contributed by atoms with Gasteiger partial charge in [-0.25, -0.2) is 16.8 Å². The topological polar surface area (TPSA) is 133 Å². The monoisotopic (exact) mass is 770 g/mol. The first-order valence-corrected chi connectivity index (χ1v) is 21.4. The van der Waals surface area contributed by atoms with Gasteiger partial charge in [0.2, 0.25) is 20.0 Å². The zero-order valence-electron chi connectivity index (χ0n) is 31.8. The molecule has 4 aromatic rings. The maximum atomic E-state index is 13.3. The van der Waals surface area contributed by atoms with Crippen molar-refractivity contribution in [1.82, 2.24) is 8.61 Å². The maximum Gasteiger partial charge on any atom is 0.255 e. The quantitative estimate of drug-likeness (QED) is 0.179. The molecule has 0 saturated carbocycles. The second-order valence-corrected chi connectivity index (χ2v) is 19.4. The van der Waals surface area contributed by atoms with Crippen molar-refractivity contribution >= 4 is 43.2 Å². The Hall–Kier alpha value is -4.36. The number of benzene rings is 4. The molecule has 0 bridgehead atoms. The Bertz CT molecular complexity index is 2080. The lowest BCUT2D eigenvalue weighted by molar-refractivity contribution is 0.101. The van der Waals surface area contributed by atoms with Gasteiger partial charge in [-0.15, -0.1) is 0 Å². The molecule has 54 heavy (non-hydrogen) atoms. The molecular weight excluding hydrogens is 721 g/mol. The highest BCUT2D eigenvalue weighted by Crippen LogP contribution is 2.31. The van der Waals surface area contributed by atoms with Gasteiger partial charge >= 0.3 is 0 Å². The van der Waals surface area contributed by atoms with Crippen molar-refractivity contribution in [2.75, 3.05) is 36.8 Å². The molecule has 4 atom stereocenters. The van der Waals surface area contributed by atoms with E-state index in [1.807, 2.05) is 50.2 Å². The van der Waals surface area contributed by atoms with Gasteiger partial charge in [-0.2, -0.15) is 8.61 Å². The molecule has 0 unspecified atom stereocenters. The van der Waals surface area contributed by atoms with Crippen molar-refractivity contribution in [2.45, 2.75) is 64.2 Å². The molecule has 2 aliphatic rings. The number of hydrogen-bond acceptors (Lipinski definition) is 6. The van der Waals surface area contributed by atoms with Crippen LogP contribution in [0.3, 0.4) is 0 Å². The van der Waals surface area contributed by atoms with Gasteiger partial charge in [0.1, 0.15) is 0 Å². The highest BCUT2D eigenvalue weighted by atomic mass is 32.2. The van der Waals surface area contributed by atoms with E-state index in [2.05, 4.69) is 38.3 Å². The van der Waals surface area contributed by atoms with Gasteiger partial charge in [0.05, 0.1) is 9.79 Å². The zero-order valence-corrected chi connectivity index (χ0v) is 33.4. The zero-order chi connectivity index (χ0) is 38.9. The summed E-state index contributed by atoms with van der Waals surface area (Å²) in [7, 11) is -7.29. The average molecular weight is 771 g/mol. The summed E-state index contributed by atoms with van der Waals surface area (Å²) < 4.78 is 56.2. The molecule has 10 nitrogen and oxygen atoms in total. The Balaban J connectivity index is 1.08. The van der Waals surface area contributed by atoms with E-state index in [-0.39, 0.29) is 21.6 Å². The third kappa shape index (κ3) is 8.62. The minimum Gasteiger partial charge on any atom is -0.322 e. The van der Waals surface area contributed by atoms with Gasteiger partial charge < -0.3 is 10.6 Å². The number of rotatable bonds is 9. The summed E-state index contributed by atoms with van der Waals surface area (Å²) in [5, 5.41) is 5.89. The van der Waals surface area contributed by atoms with Gasteiger partial charge in [0.25, 0.3) is 11.8 Å². The molecule has 12 heteroatoms. The summed E-state index contributed by atoms with van der Waals surface area (Å²) in [6, 6.07) is 23.6. The van der Waals surface area contributed by atoms with E-state index in [1.165, 1.54) is 24.3 Å². The number of nitrogens with one attached hydrogen (secondary N) is 2. The van der Waals surface area contributed by atoms with Gasteiger partial charge in [-0.3, -0.25) is 9.59 Å². The second-order valence-electron chi connectivity index (χ2n) is 15.6. The van der Waals surface area contributed by atoms with E-state index in [0.717, 1.165) is 35.1 Å². The Labute approximate surface area is 320 Å². The van der Waals surface area contributed by atoms with Crippen LogP contribution in [0.2, 0.25) is 0 Å². The van der Waals surface area contributed by atoms with Gasteiger partial charge in [-0.05, 0) is 145 Å². The van der Waals surface area contributed by atoms with Crippen molar-refractivity contribution in [3.8, 4) is 11.1 Å². The number of amides is 2. The molecular formula is C42H50N4O6S2. The van der Waals surface area contributed by atoms with Crippen LogP contribution in [0.15, 0.2) is 94.7 Å². The molecule has 0 aromatic heterocycles. The maximum absolute atomic E-state index is 13.3. The average Bonchev–Trinajstić information content (AvgIpc) is 3.12. The molecule has 2 fully saturated rings. The normalized spacial score (nSPS) is 21.4. The van der Waals surface area contributed by atoms with Crippen LogP contribution in [0.25, 0.3) is 11.1 Å². The SMILES string of the molecule is Cc1cc(-c2ccc(NC(=O)c3ccc(S(=O)(=O)N4C[C@H](C)C[C@H](C)C4)cc3)c(C)c2)ccc1NC(=O)c1ccc(S(=O)(=O)N2C[C@H](C)C[C@@H](C)C2)cc1. The molecule has 2 amide bonds. The number of nitrogens with zero attached hydrogens (tertiary/aromatic N) is 2. The molecule has 2 aliphatic heterocycles. The molecule has 0 radical (unpaired) electrons. The van der Waals surface area contributed by atoms with E-state index in [1.54, 1.807) is 32.9 Å². The number of carbonyl (C=O) groups is 2. The number of hydrogen-bond donors (Lipinski definition) is 2. The number of piperidine rings is 2. The number of sulfonamides is 2. The van der Waals surface area contributed by atoms with Crippen LogP contribution in [0.5, 0.6) is 0 Å². The smallest absolute Gasteiger partial charge is 0.255 e. The molecule has 4 aromatic carbocycles. The Kier molecular flexibility index (Phi) is 11.5. The van der Waals surface area contributed by atoms with Crippen LogP contribution in [0.4, 0.5) is 11.4 Å². The fraction of sp³-hybridized carbons (Fsp3) is 0.381. The fourth-order valence-electron chi connectivity index (χ4n) is 7.81. The van der Waals surface area contributed by atoms with Crippen LogP contribution in [-0.4, -0.2) is 63.4 Å². The molecule has 0 spiro atoms. The fourth-order valence-corrected chi connectivity index (χ4v) is 11.2. The highest BCUT2D eigenvalue weighted by molar-refractivity contribution is 7.89. The first kappa shape index (κ1) is 39.3. The molecule has 286 valence electrons. The van der Waals surface area contributed by atoms with Crippen LogP contribution in [-0.2, 0) is 20.0 Å². The lowest BCUT2D eigenvalue weighted by Gasteiger charge is -2.34. The molecule has 2 heterocycles. The van der Waals surface area contributed by atoms with E-state index in [4.69, 9.17) is 0 Å². The Morgan fingerprint density at radius 3 is 1.13 bits per heavy atom. The van der Waals surface area contributed by atoms with Crippen molar-refractivity contribution in [1.29, 1.82) is 0 Å². The Morgan fingerprint density at radius 1 is 0.519 bits per heavy atom. The van der Waals surface area contributed by atoms with Crippen LogP contribution >= 0.6 is 0 Å². The molecule has 2 saturated heterocycles. The lowest BCUT2D eigenvalue weighted by atomic mass is 9.94. The van der Waals surface area contributed by atoms with Gasteiger partial charge in [-0.1, -0.05) is 39.8 Å².